The number of nitrogens with zero attached hydrogens (tertiary/aromatic N) is 1. The van der Waals surface area contributed by atoms with Crippen LogP contribution >= 0.6 is 24.8 Å². The van der Waals surface area contributed by atoms with Crippen LogP contribution in [0.4, 0.5) is 0 Å². The molecule has 2 fully saturated rings. The molecule has 3 nitrogen and oxygen atoms in total. The van der Waals surface area contributed by atoms with Crippen molar-refractivity contribution in [1.82, 2.24) is 4.90 Å². The van der Waals surface area contributed by atoms with Crippen molar-refractivity contribution in [3.63, 3.8) is 0 Å². The average molecular weight is 298 g/mol. The van der Waals surface area contributed by atoms with E-state index in [0.29, 0.717) is 5.92 Å². The molecular formula is C13H25Cl2NO2. The zero-order valence-corrected chi connectivity index (χ0v) is 12.5. The van der Waals surface area contributed by atoms with E-state index < -0.39 is 5.97 Å². The number of carbonyl (C=O) groups is 1. The van der Waals surface area contributed by atoms with Gasteiger partial charge in [0.25, 0.3) is 0 Å². The summed E-state index contributed by atoms with van der Waals surface area (Å²) in [4.78, 5) is 13.7. The number of rotatable bonds is 3. The summed E-state index contributed by atoms with van der Waals surface area (Å²) in [5.74, 6) is -0.235. The first kappa shape index (κ1) is 18.0. The lowest BCUT2D eigenvalue weighted by Gasteiger charge is -2.35. The number of likely N-dealkylation sites (tertiary alicyclic amines) is 1. The van der Waals surface area contributed by atoms with Crippen LogP contribution in [0.2, 0.25) is 0 Å². The summed E-state index contributed by atoms with van der Waals surface area (Å²) in [5, 5.41) is 9.22. The molecule has 1 aliphatic carbocycles. The molecule has 2 atom stereocenters. The molecule has 0 spiro atoms. The van der Waals surface area contributed by atoms with E-state index in [0.717, 1.165) is 25.8 Å². The monoisotopic (exact) mass is 297 g/mol. The van der Waals surface area contributed by atoms with Gasteiger partial charge in [-0.2, -0.15) is 0 Å². The fraction of sp³-hybridized carbons (Fsp3) is 0.923. The van der Waals surface area contributed by atoms with Crippen LogP contribution < -0.4 is 0 Å². The highest BCUT2D eigenvalue weighted by Crippen LogP contribution is 2.31. The number of halogens is 2. The summed E-state index contributed by atoms with van der Waals surface area (Å²) in [6, 6.07) is 0. The zero-order chi connectivity index (χ0) is 11.4. The first-order valence-corrected chi connectivity index (χ1v) is 6.72. The summed E-state index contributed by atoms with van der Waals surface area (Å²) in [5.41, 5.74) is 0. The Labute approximate surface area is 122 Å². The minimum Gasteiger partial charge on any atom is -0.481 e. The van der Waals surface area contributed by atoms with Gasteiger partial charge in [0.05, 0.1) is 5.92 Å². The number of hydrogen-bond donors (Lipinski definition) is 1. The Morgan fingerprint density at radius 1 is 1.00 bits per heavy atom. The minimum absolute atomic E-state index is 0. The first-order chi connectivity index (χ1) is 7.77. The topological polar surface area (TPSA) is 40.5 Å². The average Bonchev–Trinajstić information content (AvgIpc) is 2.31. The van der Waals surface area contributed by atoms with Gasteiger partial charge in [-0.1, -0.05) is 19.3 Å². The van der Waals surface area contributed by atoms with Crippen molar-refractivity contribution in [2.24, 2.45) is 11.8 Å². The van der Waals surface area contributed by atoms with Crippen LogP contribution in [-0.4, -0.2) is 35.6 Å². The molecule has 2 aliphatic rings. The fourth-order valence-electron chi connectivity index (χ4n) is 3.22. The van der Waals surface area contributed by atoms with Gasteiger partial charge in [0.2, 0.25) is 0 Å². The molecule has 1 aliphatic heterocycles. The molecule has 0 radical (unpaired) electrons. The second-order valence-electron chi connectivity index (χ2n) is 5.35. The van der Waals surface area contributed by atoms with Crippen molar-refractivity contribution in [1.29, 1.82) is 0 Å². The van der Waals surface area contributed by atoms with Gasteiger partial charge < -0.3 is 10.0 Å². The highest BCUT2D eigenvalue weighted by molar-refractivity contribution is 5.85. The highest BCUT2D eigenvalue weighted by atomic mass is 35.5. The quantitative estimate of drug-likeness (QED) is 0.870. The molecule has 1 saturated carbocycles. The Morgan fingerprint density at radius 2 is 1.61 bits per heavy atom. The van der Waals surface area contributed by atoms with Gasteiger partial charge in [0, 0.05) is 6.54 Å². The van der Waals surface area contributed by atoms with Crippen LogP contribution in [0.25, 0.3) is 0 Å². The normalized spacial score (nSPS) is 28.9. The predicted molar refractivity (Wildman–Crippen MR) is 77.9 cm³/mol. The second kappa shape index (κ2) is 9.00. The lowest BCUT2D eigenvalue weighted by atomic mass is 9.79. The molecule has 2 unspecified atom stereocenters. The molecule has 0 amide bonds. The maximum absolute atomic E-state index is 11.2. The number of aliphatic carboxylic acids is 1. The summed E-state index contributed by atoms with van der Waals surface area (Å²) in [6.07, 6.45) is 8.29. The maximum Gasteiger partial charge on any atom is 0.306 e. The molecule has 18 heavy (non-hydrogen) atoms. The molecule has 108 valence electrons. The van der Waals surface area contributed by atoms with E-state index in [9.17, 15) is 9.90 Å². The van der Waals surface area contributed by atoms with Gasteiger partial charge in [0.1, 0.15) is 0 Å². The SMILES string of the molecule is Cl.Cl.O=C(O)C1CCCCC1CN1CCCCC1. The van der Waals surface area contributed by atoms with Crippen molar-refractivity contribution in [3.05, 3.63) is 0 Å². The van der Waals surface area contributed by atoms with E-state index in [1.54, 1.807) is 0 Å². The third-order valence-electron chi connectivity index (χ3n) is 4.17. The van der Waals surface area contributed by atoms with Gasteiger partial charge in [-0.3, -0.25) is 4.79 Å². The van der Waals surface area contributed by atoms with Gasteiger partial charge >= 0.3 is 5.97 Å². The van der Waals surface area contributed by atoms with Gasteiger partial charge in [-0.05, 0) is 44.7 Å². The third-order valence-corrected chi connectivity index (χ3v) is 4.17. The van der Waals surface area contributed by atoms with E-state index in [2.05, 4.69) is 4.90 Å². The minimum atomic E-state index is -0.568. The van der Waals surface area contributed by atoms with Gasteiger partial charge in [-0.25, -0.2) is 0 Å². The predicted octanol–water partition coefficient (Wildman–Crippen LogP) is 3.21. The third kappa shape index (κ3) is 4.94. The molecule has 1 N–H and O–H groups in total. The van der Waals surface area contributed by atoms with Crippen molar-refractivity contribution in [3.8, 4) is 0 Å². The van der Waals surface area contributed by atoms with Crippen LogP contribution in [-0.2, 0) is 4.79 Å². The standard InChI is InChI=1S/C13H23NO2.2ClH/c15-13(16)12-7-3-2-6-11(12)10-14-8-4-1-5-9-14;;/h11-12H,1-10H2,(H,15,16);2*1H. The summed E-state index contributed by atoms with van der Waals surface area (Å²) >= 11 is 0. The maximum atomic E-state index is 11.2. The number of piperidine rings is 1. The molecule has 0 aromatic rings. The van der Waals surface area contributed by atoms with Crippen LogP contribution in [0.3, 0.4) is 0 Å². The molecule has 5 heteroatoms. The lowest BCUT2D eigenvalue weighted by Crippen LogP contribution is -2.39. The van der Waals surface area contributed by atoms with Crippen molar-refractivity contribution >= 4 is 30.8 Å². The van der Waals surface area contributed by atoms with E-state index in [4.69, 9.17) is 0 Å². The Kier molecular flexibility index (Phi) is 9.01. The smallest absolute Gasteiger partial charge is 0.306 e. The van der Waals surface area contributed by atoms with E-state index >= 15 is 0 Å². The number of carboxylic acid groups (broad SMARTS) is 1. The Hall–Kier alpha value is 0.01000. The Balaban J connectivity index is 0.00000144. The van der Waals surface area contributed by atoms with Gasteiger partial charge in [-0.15, -0.1) is 24.8 Å². The molecule has 0 aromatic carbocycles. The molecule has 2 rings (SSSR count). The molecule has 1 heterocycles. The lowest BCUT2D eigenvalue weighted by molar-refractivity contribution is -0.145. The van der Waals surface area contributed by atoms with Crippen molar-refractivity contribution in [2.75, 3.05) is 19.6 Å². The summed E-state index contributed by atoms with van der Waals surface area (Å²) in [7, 11) is 0. The summed E-state index contributed by atoms with van der Waals surface area (Å²) < 4.78 is 0. The van der Waals surface area contributed by atoms with Crippen LogP contribution in [0.1, 0.15) is 44.9 Å². The number of carboxylic acids is 1. The Morgan fingerprint density at radius 3 is 2.22 bits per heavy atom. The first-order valence-electron chi connectivity index (χ1n) is 6.72. The highest BCUT2D eigenvalue weighted by Gasteiger charge is 2.31. The molecular weight excluding hydrogens is 273 g/mol. The largest absolute Gasteiger partial charge is 0.481 e. The molecule has 1 saturated heterocycles. The Bertz CT molecular complexity index is 245. The van der Waals surface area contributed by atoms with Crippen LogP contribution in [0.5, 0.6) is 0 Å². The van der Waals surface area contributed by atoms with Gasteiger partial charge in [0.15, 0.2) is 0 Å². The molecule has 0 aromatic heterocycles. The van der Waals surface area contributed by atoms with E-state index in [1.807, 2.05) is 0 Å². The second-order valence-corrected chi connectivity index (χ2v) is 5.35. The van der Waals surface area contributed by atoms with Crippen molar-refractivity contribution < 1.29 is 9.90 Å². The molecule has 0 bridgehead atoms. The van der Waals surface area contributed by atoms with Crippen molar-refractivity contribution in [2.45, 2.75) is 44.9 Å². The van der Waals surface area contributed by atoms with Crippen LogP contribution in [0.15, 0.2) is 0 Å². The number of hydrogen-bond acceptors (Lipinski definition) is 2. The van der Waals surface area contributed by atoms with Crippen LogP contribution in [0, 0.1) is 11.8 Å². The van der Waals surface area contributed by atoms with E-state index in [-0.39, 0.29) is 30.7 Å². The summed E-state index contributed by atoms with van der Waals surface area (Å²) in [6.45, 7) is 3.39. The fourth-order valence-corrected chi connectivity index (χ4v) is 3.22. The van der Waals surface area contributed by atoms with E-state index in [1.165, 1.54) is 38.8 Å². The zero-order valence-electron chi connectivity index (χ0n) is 10.8.